The number of aliphatic hydroxyl groups is 3. The Morgan fingerprint density at radius 1 is 0.889 bits per heavy atom. The van der Waals surface area contributed by atoms with Crippen LogP contribution >= 0.6 is 0 Å². The van der Waals surface area contributed by atoms with E-state index < -0.39 is 18.3 Å². The number of rotatable bonds is 8. The fourth-order valence-corrected chi connectivity index (χ4v) is 2.57. The summed E-state index contributed by atoms with van der Waals surface area (Å²) in [6.07, 6.45) is 6.94. The first kappa shape index (κ1) is 15.9. The molecule has 108 valence electrons. The zero-order valence-electron chi connectivity index (χ0n) is 11.5. The van der Waals surface area contributed by atoms with Crippen molar-refractivity contribution in [2.45, 2.75) is 82.6 Å². The highest BCUT2D eigenvalue weighted by Gasteiger charge is 2.35. The number of hydrogen-bond acceptors (Lipinski definition) is 4. The fraction of sp³-hybridized carbons (Fsp3) is 1.00. The quantitative estimate of drug-likeness (QED) is 0.494. The van der Waals surface area contributed by atoms with Crippen molar-refractivity contribution < 1.29 is 15.3 Å². The minimum absolute atomic E-state index is 0.0703. The topological polar surface area (TPSA) is 72.7 Å². The molecule has 0 aromatic carbocycles. The first-order chi connectivity index (χ1) is 8.66. The lowest BCUT2D eigenvalue weighted by Crippen LogP contribution is -2.59. The molecule has 0 spiro atoms. The van der Waals surface area contributed by atoms with Gasteiger partial charge in [0.2, 0.25) is 0 Å². The summed E-state index contributed by atoms with van der Waals surface area (Å²) in [5.74, 6) is 0. The zero-order valence-corrected chi connectivity index (χ0v) is 11.5. The van der Waals surface area contributed by atoms with Crippen LogP contribution in [0.2, 0.25) is 0 Å². The number of aliphatic hydroxyl groups excluding tert-OH is 3. The van der Waals surface area contributed by atoms with Gasteiger partial charge in [0.05, 0.1) is 12.2 Å². The van der Waals surface area contributed by atoms with Crippen LogP contribution in [0.25, 0.3) is 0 Å². The van der Waals surface area contributed by atoms with Crippen molar-refractivity contribution in [1.82, 2.24) is 5.32 Å². The van der Waals surface area contributed by atoms with Crippen molar-refractivity contribution in [3.63, 3.8) is 0 Å². The maximum Gasteiger partial charge on any atom is 0.108 e. The van der Waals surface area contributed by atoms with Crippen LogP contribution in [0.5, 0.6) is 0 Å². The molecule has 0 amide bonds. The first-order valence-corrected chi connectivity index (χ1v) is 7.44. The van der Waals surface area contributed by atoms with E-state index in [0.717, 1.165) is 12.8 Å². The van der Waals surface area contributed by atoms with Crippen LogP contribution in [0.3, 0.4) is 0 Å². The number of hydrogen-bond donors (Lipinski definition) is 4. The van der Waals surface area contributed by atoms with Gasteiger partial charge < -0.3 is 20.6 Å². The summed E-state index contributed by atoms with van der Waals surface area (Å²) < 4.78 is 0. The molecule has 0 saturated carbocycles. The van der Waals surface area contributed by atoms with Gasteiger partial charge in [-0.15, -0.1) is 0 Å². The van der Waals surface area contributed by atoms with E-state index in [1.54, 1.807) is 0 Å². The summed E-state index contributed by atoms with van der Waals surface area (Å²) in [6.45, 7) is 2.59. The van der Waals surface area contributed by atoms with Crippen LogP contribution < -0.4 is 5.32 Å². The SMILES string of the molecule is CCCCCCCCCC1NCC(O)C(O)C1O. The van der Waals surface area contributed by atoms with Crippen LogP contribution in [-0.4, -0.2) is 46.2 Å². The predicted molar refractivity (Wildman–Crippen MR) is 72.4 cm³/mol. The van der Waals surface area contributed by atoms with Gasteiger partial charge in [0.15, 0.2) is 0 Å². The summed E-state index contributed by atoms with van der Waals surface area (Å²) in [7, 11) is 0. The summed E-state index contributed by atoms with van der Waals surface area (Å²) >= 11 is 0. The van der Waals surface area contributed by atoms with Gasteiger partial charge in [0, 0.05) is 12.6 Å². The van der Waals surface area contributed by atoms with Crippen LogP contribution in [0.4, 0.5) is 0 Å². The van der Waals surface area contributed by atoms with Gasteiger partial charge in [-0.2, -0.15) is 0 Å². The Morgan fingerprint density at radius 2 is 1.50 bits per heavy atom. The lowest BCUT2D eigenvalue weighted by atomic mass is 9.92. The summed E-state index contributed by atoms with van der Waals surface area (Å²) in [4.78, 5) is 0. The number of piperidine rings is 1. The molecule has 1 heterocycles. The molecule has 1 fully saturated rings. The highest BCUT2D eigenvalue weighted by atomic mass is 16.4. The third-order valence-corrected chi connectivity index (χ3v) is 3.86. The maximum atomic E-state index is 9.81. The molecule has 0 radical (unpaired) electrons. The van der Waals surface area contributed by atoms with Crippen LogP contribution in [0, 0.1) is 0 Å². The molecule has 4 N–H and O–H groups in total. The minimum atomic E-state index is -0.999. The van der Waals surface area contributed by atoms with Gasteiger partial charge in [-0.1, -0.05) is 51.9 Å². The predicted octanol–water partition coefficient (Wildman–Crippen LogP) is 1.18. The lowest BCUT2D eigenvalue weighted by molar-refractivity contribution is -0.0952. The molecule has 18 heavy (non-hydrogen) atoms. The van der Waals surface area contributed by atoms with Gasteiger partial charge >= 0.3 is 0 Å². The van der Waals surface area contributed by atoms with Gasteiger partial charge in [-0.05, 0) is 6.42 Å². The number of unbranched alkanes of at least 4 members (excludes halogenated alkanes) is 6. The van der Waals surface area contributed by atoms with E-state index >= 15 is 0 Å². The van der Waals surface area contributed by atoms with Gasteiger partial charge in [-0.3, -0.25) is 0 Å². The van der Waals surface area contributed by atoms with Crippen LogP contribution in [-0.2, 0) is 0 Å². The molecule has 4 nitrogen and oxygen atoms in total. The second-order valence-electron chi connectivity index (χ2n) is 5.47. The van der Waals surface area contributed by atoms with Crippen molar-refractivity contribution in [3.05, 3.63) is 0 Å². The smallest absolute Gasteiger partial charge is 0.108 e. The maximum absolute atomic E-state index is 9.81. The standard InChI is InChI=1S/C14H29NO3/c1-2-3-4-5-6-7-8-9-11-13(17)14(18)12(16)10-15-11/h11-18H,2-10H2,1H3. The average Bonchev–Trinajstić information content (AvgIpc) is 2.37. The molecule has 4 unspecified atom stereocenters. The molecule has 1 rings (SSSR count). The number of β-amino-alcohol motifs (C(OH)–C–C–N with tert-alkyl or cyclic N) is 1. The molecule has 0 aromatic rings. The zero-order chi connectivity index (χ0) is 13.4. The minimum Gasteiger partial charge on any atom is -0.389 e. The Balaban J connectivity index is 2.05. The van der Waals surface area contributed by atoms with Crippen molar-refractivity contribution in [2.75, 3.05) is 6.54 Å². The van der Waals surface area contributed by atoms with Crippen molar-refractivity contribution in [1.29, 1.82) is 0 Å². The third kappa shape index (κ3) is 5.22. The van der Waals surface area contributed by atoms with E-state index in [0.29, 0.717) is 6.54 Å². The Labute approximate surface area is 110 Å². The van der Waals surface area contributed by atoms with Crippen molar-refractivity contribution >= 4 is 0 Å². The molecule has 0 bridgehead atoms. The molecule has 0 aromatic heterocycles. The lowest BCUT2D eigenvalue weighted by Gasteiger charge is -2.36. The van der Waals surface area contributed by atoms with E-state index in [9.17, 15) is 15.3 Å². The first-order valence-electron chi connectivity index (χ1n) is 7.44. The van der Waals surface area contributed by atoms with E-state index in [2.05, 4.69) is 12.2 Å². The molecule has 1 aliphatic rings. The van der Waals surface area contributed by atoms with Crippen LogP contribution in [0.1, 0.15) is 58.3 Å². The van der Waals surface area contributed by atoms with Gasteiger partial charge in [0.1, 0.15) is 6.10 Å². The molecule has 4 atom stereocenters. The average molecular weight is 259 g/mol. The van der Waals surface area contributed by atoms with Crippen molar-refractivity contribution in [2.24, 2.45) is 0 Å². The molecular formula is C14H29NO3. The van der Waals surface area contributed by atoms with Gasteiger partial charge in [-0.25, -0.2) is 0 Å². The van der Waals surface area contributed by atoms with Gasteiger partial charge in [0.25, 0.3) is 0 Å². The monoisotopic (exact) mass is 259 g/mol. The Hall–Kier alpha value is -0.160. The summed E-state index contributed by atoms with van der Waals surface area (Å²) in [6, 6.07) is -0.0703. The number of nitrogens with one attached hydrogen (secondary N) is 1. The highest BCUT2D eigenvalue weighted by Crippen LogP contribution is 2.16. The van der Waals surface area contributed by atoms with E-state index in [4.69, 9.17) is 0 Å². The van der Waals surface area contributed by atoms with E-state index in [1.807, 2.05) is 0 Å². The Bertz CT molecular complexity index is 213. The molecule has 1 saturated heterocycles. The Kier molecular flexibility index (Phi) is 7.82. The normalized spacial score (nSPS) is 32.7. The van der Waals surface area contributed by atoms with E-state index in [-0.39, 0.29) is 6.04 Å². The fourth-order valence-electron chi connectivity index (χ4n) is 2.57. The van der Waals surface area contributed by atoms with E-state index in [1.165, 1.54) is 38.5 Å². The second kappa shape index (κ2) is 8.86. The molecule has 1 aliphatic heterocycles. The summed E-state index contributed by atoms with van der Waals surface area (Å²) in [5.41, 5.74) is 0. The molecular weight excluding hydrogens is 230 g/mol. The molecule has 4 heteroatoms. The largest absolute Gasteiger partial charge is 0.389 e. The highest BCUT2D eigenvalue weighted by molar-refractivity contribution is 4.91. The molecule has 0 aliphatic carbocycles. The van der Waals surface area contributed by atoms with Crippen molar-refractivity contribution in [3.8, 4) is 0 Å². The van der Waals surface area contributed by atoms with Crippen LogP contribution in [0.15, 0.2) is 0 Å². The Morgan fingerprint density at radius 3 is 2.17 bits per heavy atom. The summed E-state index contributed by atoms with van der Waals surface area (Å²) in [5, 5.41) is 31.9. The second-order valence-corrected chi connectivity index (χ2v) is 5.47. The third-order valence-electron chi connectivity index (χ3n) is 3.86.